The molecule has 94 valence electrons. The predicted octanol–water partition coefficient (Wildman–Crippen LogP) is 1.01. The van der Waals surface area contributed by atoms with Crippen LogP contribution < -0.4 is 4.90 Å². The maximum Gasteiger partial charge on any atom is 0.259 e. The molecule has 1 saturated heterocycles. The number of hydrogen-bond acceptors (Lipinski definition) is 6. The van der Waals surface area contributed by atoms with Crippen molar-refractivity contribution >= 4 is 5.82 Å². The first-order valence-corrected chi connectivity index (χ1v) is 5.92. The Bertz CT molecular complexity index is 537. The van der Waals surface area contributed by atoms with E-state index in [1.54, 1.807) is 13.1 Å². The molecule has 2 aromatic rings. The standard InChI is InChI=1S/C12H14N4O2/c1-8-14-12(18-15-8)9-2-3-11(13-6-9)16-5-4-10(17)7-16/h2-3,6,10,17H,4-5,7H2,1H3. The molecule has 3 heterocycles. The number of aryl methyl sites for hydroxylation is 1. The summed E-state index contributed by atoms with van der Waals surface area (Å²) in [6.07, 6.45) is 2.27. The number of β-amino-alcohol motifs (C(OH)–C–C–N with tert-alkyl or cyclic N) is 1. The van der Waals surface area contributed by atoms with Crippen LogP contribution in [0.3, 0.4) is 0 Å². The van der Waals surface area contributed by atoms with Crippen molar-refractivity contribution in [3.05, 3.63) is 24.2 Å². The lowest BCUT2D eigenvalue weighted by molar-refractivity contribution is 0.198. The molecule has 0 bridgehead atoms. The molecule has 1 unspecified atom stereocenters. The van der Waals surface area contributed by atoms with Crippen molar-refractivity contribution in [2.75, 3.05) is 18.0 Å². The molecule has 3 rings (SSSR count). The smallest absolute Gasteiger partial charge is 0.259 e. The molecular formula is C12H14N4O2. The molecule has 1 aliphatic heterocycles. The zero-order chi connectivity index (χ0) is 12.5. The average molecular weight is 246 g/mol. The third-order valence-corrected chi connectivity index (χ3v) is 3.01. The van der Waals surface area contributed by atoms with Gasteiger partial charge in [-0.05, 0) is 25.5 Å². The van der Waals surface area contributed by atoms with Gasteiger partial charge in [-0.3, -0.25) is 0 Å². The van der Waals surface area contributed by atoms with Crippen molar-refractivity contribution in [2.24, 2.45) is 0 Å². The highest BCUT2D eigenvalue weighted by Crippen LogP contribution is 2.21. The molecule has 1 atom stereocenters. The zero-order valence-corrected chi connectivity index (χ0v) is 10.1. The van der Waals surface area contributed by atoms with E-state index in [2.05, 4.69) is 20.0 Å². The first-order chi connectivity index (χ1) is 8.72. The van der Waals surface area contributed by atoms with Crippen molar-refractivity contribution in [1.82, 2.24) is 15.1 Å². The van der Waals surface area contributed by atoms with Crippen LogP contribution in [-0.4, -0.2) is 39.4 Å². The number of aliphatic hydroxyl groups excluding tert-OH is 1. The molecule has 0 amide bonds. The van der Waals surface area contributed by atoms with Crippen LogP contribution in [-0.2, 0) is 0 Å². The lowest BCUT2D eigenvalue weighted by Gasteiger charge is -2.16. The summed E-state index contributed by atoms with van der Waals surface area (Å²) in [7, 11) is 0. The first-order valence-electron chi connectivity index (χ1n) is 5.92. The summed E-state index contributed by atoms with van der Waals surface area (Å²) in [5, 5.41) is 13.2. The Morgan fingerprint density at radius 3 is 2.89 bits per heavy atom. The molecule has 0 saturated carbocycles. The van der Waals surface area contributed by atoms with Gasteiger partial charge in [0.05, 0.1) is 11.7 Å². The third kappa shape index (κ3) is 2.06. The molecule has 1 N–H and O–H groups in total. The van der Waals surface area contributed by atoms with Gasteiger partial charge in [0, 0.05) is 19.3 Å². The van der Waals surface area contributed by atoms with E-state index < -0.39 is 0 Å². The van der Waals surface area contributed by atoms with Crippen LogP contribution in [0, 0.1) is 6.92 Å². The monoisotopic (exact) mass is 246 g/mol. The number of anilines is 1. The minimum Gasteiger partial charge on any atom is -0.391 e. The highest BCUT2D eigenvalue weighted by Gasteiger charge is 2.21. The topological polar surface area (TPSA) is 75.3 Å². The lowest BCUT2D eigenvalue weighted by atomic mass is 10.3. The molecule has 0 aliphatic carbocycles. The van der Waals surface area contributed by atoms with Crippen LogP contribution in [0.4, 0.5) is 5.82 Å². The highest BCUT2D eigenvalue weighted by atomic mass is 16.5. The number of rotatable bonds is 2. The molecule has 0 radical (unpaired) electrons. The third-order valence-electron chi connectivity index (χ3n) is 3.01. The molecule has 0 spiro atoms. The van der Waals surface area contributed by atoms with E-state index in [1.165, 1.54) is 0 Å². The number of aliphatic hydroxyl groups is 1. The van der Waals surface area contributed by atoms with Gasteiger partial charge in [0.25, 0.3) is 5.89 Å². The summed E-state index contributed by atoms with van der Waals surface area (Å²) in [6, 6.07) is 3.81. The Hall–Kier alpha value is -1.95. The van der Waals surface area contributed by atoms with Crippen LogP contribution in [0.15, 0.2) is 22.9 Å². The van der Waals surface area contributed by atoms with Crippen LogP contribution >= 0.6 is 0 Å². The van der Waals surface area contributed by atoms with E-state index in [0.29, 0.717) is 18.3 Å². The minimum atomic E-state index is -0.245. The summed E-state index contributed by atoms with van der Waals surface area (Å²) >= 11 is 0. The Balaban J connectivity index is 1.81. The van der Waals surface area contributed by atoms with E-state index >= 15 is 0 Å². The predicted molar refractivity (Wildman–Crippen MR) is 65.1 cm³/mol. The second-order valence-corrected chi connectivity index (χ2v) is 4.44. The van der Waals surface area contributed by atoms with Crippen molar-refractivity contribution in [2.45, 2.75) is 19.4 Å². The van der Waals surface area contributed by atoms with E-state index in [1.807, 2.05) is 12.1 Å². The normalized spacial score (nSPS) is 19.4. The average Bonchev–Trinajstić information content (AvgIpc) is 2.98. The fourth-order valence-corrected chi connectivity index (χ4v) is 2.06. The molecule has 18 heavy (non-hydrogen) atoms. The summed E-state index contributed by atoms with van der Waals surface area (Å²) in [5.74, 6) is 1.95. The van der Waals surface area contributed by atoms with Gasteiger partial charge < -0.3 is 14.5 Å². The Labute approximate surface area is 104 Å². The van der Waals surface area contributed by atoms with Crippen LogP contribution in [0.1, 0.15) is 12.2 Å². The second-order valence-electron chi connectivity index (χ2n) is 4.44. The maximum absolute atomic E-state index is 9.49. The highest BCUT2D eigenvalue weighted by molar-refractivity contribution is 5.54. The zero-order valence-electron chi connectivity index (χ0n) is 10.1. The van der Waals surface area contributed by atoms with Gasteiger partial charge in [0.2, 0.25) is 0 Å². The maximum atomic E-state index is 9.49. The van der Waals surface area contributed by atoms with Crippen LogP contribution in [0.5, 0.6) is 0 Å². The number of pyridine rings is 1. The van der Waals surface area contributed by atoms with Crippen LogP contribution in [0.2, 0.25) is 0 Å². The first kappa shape index (κ1) is 11.2. The fraction of sp³-hybridized carbons (Fsp3) is 0.417. The van der Waals surface area contributed by atoms with Crippen molar-refractivity contribution in [3.8, 4) is 11.5 Å². The van der Waals surface area contributed by atoms with Crippen molar-refractivity contribution < 1.29 is 9.63 Å². The van der Waals surface area contributed by atoms with E-state index in [4.69, 9.17) is 4.52 Å². The number of nitrogens with zero attached hydrogens (tertiary/aromatic N) is 4. The van der Waals surface area contributed by atoms with Gasteiger partial charge in [0.1, 0.15) is 5.82 Å². The van der Waals surface area contributed by atoms with Gasteiger partial charge in [-0.1, -0.05) is 5.16 Å². The number of aromatic nitrogens is 3. The molecule has 6 nitrogen and oxygen atoms in total. The van der Waals surface area contributed by atoms with Gasteiger partial charge in [-0.2, -0.15) is 4.98 Å². The molecule has 0 aromatic carbocycles. The summed E-state index contributed by atoms with van der Waals surface area (Å²) in [5.41, 5.74) is 0.805. The fourth-order valence-electron chi connectivity index (χ4n) is 2.06. The van der Waals surface area contributed by atoms with Crippen LogP contribution in [0.25, 0.3) is 11.5 Å². The van der Waals surface area contributed by atoms with E-state index in [0.717, 1.165) is 24.3 Å². The summed E-state index contributed by atoms with van der Waals surface area (Å²) in [6.45, 7) is 3.26. The second kappa shape index (κ2) is 4.38. The number of hydrogen-bond donors (Lipinski definition) is 1. The summed E-state index contributed by atoms with van der Waals surface area (Å²) < 4.78 is 5.08. The molecule has 6 heteroatoms. The van der Waals surface area contributed by atoms with E-state index in [9.17, 15) is 5.11 Å². The van der Waals surface area contributed by atoms with Crippen molar-refractivity contribution in [1.29, 1.82) is 0 Å². The van der Waals surface area contributed by atoms with Gasteiger partial charge in [0.15, 0.2) is 5.82 Å². The largest absolute Gasteiger partial charge is 0.391 e. The van der Waals surface area contributed by atoms with E-state index in [-0.39, 0.29) is 6.10 Å². The summed E-state index contributed by atoms with van der Waals surface area (Å²) in [4.78, 5) is 10.6. The SMILES string of the molecule is Cc1noc(-c2ccc(N3CCC(O)C3)nc2)n1. The van der Waals surface area contributed by atoms with Gasteiger partial charge in [-0.25, -0.2) is 4.98 Å². The lowest BCUT2D eigenvalue weighted by Crippen LogP contribution is -2.21. The Morgan fingerprint density at radius 1 is 1.44 bits per heavy atom. The molecular weight excluding hydrogens is 232 g/mol. The molecule has 2 aromatic heterocycles. The quantitative estimate of drug-likeness (QED) is 0.852. The Morgan fingerprint density at radius 2 is 2.33 bits per heavy atom. The van der Waals surface area contributed by atoms with Crippen molar-refractivity contribution in [3.63, 3.8) is 0 Å². The Kier molecular flexibility index (Phi) is 2.71. The minimum absolute atomic E-state index is 0.245. The molecule has 1 aliphatic rings. The molecule has 1 fully saturated rings. The van der Waals surface area contributed by atoms with Gasteiger partial charge in [-0.15, -0.1) is 0 Å². The van der Waals surface area contributed by atoms with Gasteiger partial charge >= 0.3 is 0 Å².